The zero-order valence-corrected chi connectivity index (χ0v) is 17.3. The van der Waals surface area contributed by atoms with Gasteiger partial charge in [-0.1, -0.05) is 11.6 Å². The van der Waals surface area contributed by atoms with Crippen molar-refractivity contribution in [3.05, 3.63) is 58.8 Å². The normalized spacial score (nSPS) is 11.0. The van der Waals surface area contributed by atoms with Crippen molar-refractivity contribution in [1.82, 2.24) is 10.3 Å². The van der Waals surface area contributed by atoms with E-state index in [2.05, 4.69) is 10.3 Å². The predicted octanol–water partition coefficient (Wildman–Crippen LogP) is 4.22. The summed E-state index contributed by atoms with van der Waals surface area (Å²) in [5, 5.41) is 4.65. The van der Waals surface area contributed by atoms with Gasteiger partial charge < -0.3 is 24.5 Å². The number of carbonyl (C=O) groups excluding carboxylic acids is 1. The maximum Gasteiger partial charge on any atom is 0.244 e. The lowest BCUT2D eigenvalue weighted by molar-refractivity contribution is -0.116. The Hall–Kier alpha value is -3.12. The molecule has 1 heterocycles. The van der Waals surface area contributed by atoms with Crippen LogP contribution in [0.3, 0.4) is 0 Å². The molecule has 2 aromatic carbocycles. The Balaban J connectivity index is 1.62. The third-order valence-electron chi connectivity index (χ3n) is 4.54. The van der Waals surface area contributed by atoms with E-state index in [1.54, 1.807) is 39.5 Å². The first-order valence-corrected chi connectivity index (χ1v) is 9.45. The van der Waals surface area contributed by atoms with Crippen LogP contribution in [0.1, 0.15) is 11.1 Å². The molecule has 0 spiro atoms. The standard InChI is InChI=1S/C22H23ClN2O4/c1-27-19-10-14(11-20(28-2)22(19)29-3)4-7-21(26)24-9-8-15-13-25-18-6-5-16(23)12-17(15)18/h4-7,10-13,25H,8-9H2,1-3H3,(H,24,26)/b7-4+. The van der Waals surface area contributed by atoms with Crippen LogP contribution in [0.4, 0.5) is 0 Å². The third-order valence-corrected chi connectivity index (χ3v) is 4.77. The van der Waals surface area contributed by atoms with Crippen molar-refractivity contribution in [2.75, 3.05) is 27.9 Å². The molecule has 0 radical (unpaired) electrons. The van der Waals surface area contributed by atoms with Gasteiger partial charge in [0, 0.05) is 34.7 Å². The van der Waals surface area contributed by atoms with E-state index in [1.165, 1.54) is 6.08 Å². The lowest BCUT2D eigenvalue weighted by Crippen LogP contribution is -2.23. The van der Waals surface area contributed by atoms with Crippen LogP contribution in [-0.4, -0.2) is 38.8 Å². The second-order valence-electron chi connectivity index (χ2n) is 6.34. The summed E-state index contributed by atoms with van der Waals surface area (Å²) in [6, 6.07) is 9.27. The van der Waals surface area contributed by atoms with Crippen molar-refractivity contribution in [3.63, 3.8) is 0 Å². The van der Waals surface area contributed by atoms with Crippen molar-refractivity contribution in [2.45, 2.75) is 6.42 Å². The Morgan fingerprint density at radius 3 is 2.48 bits per heavy atom. The SMILES string of the molecule is COc1cc(/C=C/C(=O)NCCc2c[nH]c3ccc(Cl)cc23)cc(OC)c1OC. The van der Waals surface area contributed by atoms with Gasteiger partial charge in [0.1, 0.15) is 0 Å². The number of aromatic amines is 1. The number of hydrogen-bond donors (Lipinski definition) is 2. The van der Waals surface area contributed by atoms with E-state index in [0.717, 1.165) is 22.0 Å². The fourth-order valence-electron chi connectivity index (χ4n) is 3.11. The number of fused-ring (bicyclic) bond motifs is 1. The topological polar surface area (TPSA) is 72.6 Å². The molecule has 152 valence electrons. The highest BCUT2D eigenvalue weighted by Gasteiger charge is 2.12. The zero-order valence-electron chi connectivity index (χ0n) is 16.5. The van der Waals surface area contributed by atoms with E-state index >= 15 is 0 Å². The first-order valence-electron chi connectivity index (χ1n) is 9.07. The summed E-state index contributed by atoms with van der Waals surface area (Å²) in [6.45, 7) is 0.512. The van der Waals surface area contributed by atoms with Gasteiger partial charge in [-0.15, -0.1) is 0 Å². The monoisotopic (exact) mass is 414 g/mol. The molecule has 0 saturated heterocycles. The molecule has 6 nitrogen and oxygen atoms in total. The molecular formula is C22H23ClN2O4. The molecule has 7 heteroatoms. The van der Waals surface area contributed by atoms with Crippen molar-refractivity contribution >= 4 is 34.5 Å². The van der Waals surface area contributed by atoms with Crippen molar-refractivity contribution in [2.24, 2.45) is 0 Å². The maximum atomic E-state index is 12.2. The number of hydrogen-bond acceptors (Lipinski definition) is 4. The van der Waals surface area contributed by atoms with E-state index in [0.29, 0.717) is 35.2 Å². The number of ether oxygens (including phenoxy) is 3. The van der Waals surface area contributed by atoms with Crippen molar-refractivity contribution in [1.29, 1.82) is 0 Å². The predicted molar refractivity (Wildman–Crippen MR) is 115 cm³/mol. The van der Waals surface area contributed by atoms with E-state index in [-0.39, 0.29) is 5.91 Å². The van der Waals surface area contributed by atoms with Crippen LogP contribution in [0.25, 0.3) is 17.0 Å². The molecule has 0 aliphatic carbocycles. The molecule has 29 heavy (non-hydrogen) atoms. The molecule has 0 unspecified atom stereocenters. The fraction of sp³-hybridized carbons (Fsp3) is 0.227. The summed E-state index contributed by atoms with van der Waals surface area (Å²) < 4.78 is 15.9. The van der Waals surface area contributed by atoms with Gasteiger partial charge in [-0.05, 0) is 54.0 Å². The number of methoxy groups -OCH3 is 3. The van der Waals surface area contributed by atoms with E-state index in [1.807, 2.05) is 24.4 Å². The van der Waals surface area contributed by atoms with E-state index in [9.17, 15) is 4.79 Å². The van der Waals surface area contributed by atoms with E-state index in [4.69, 9.17) is 25.8 Å². The second kappa shape index (κ2) is 9.39. The number of rotatable bonds is 8. The molecule has 1 amide bonds. The molecule has 1 aromatic heterocycles. The Bertz CT molecular complexity index is 1020. The van der Waals surface area contributed by atoms with Crippen LogP contribution < -0.4 is 19.5 Å². The Labute approximate surface area is 174 Å². The van der Waals surface area contributed by atoms with Crippen LogP contribution >= 0.6 is 11.6 Å². The first kappa shape index (κ1) is 20.6. The fourth-order valence-corrected chi connectivity index (χ4v) is 3.28. The Morgan fingerprint density at radius 1 is 1.10 bits per heavy atom. The van der Waals surface area contributed by atoms with Gasteiger partial charge >= 0.3 is 0 Å². The average Bonchev–Trinajstić information content (AvgIpc) is 3.13. The smallest absolute Gasteiger partial charge is 0.244 e. The van der Waals surface area contributed by atoms with Gasteiger partial charge in [-0.3, -0.25) is 4.79 Å². The molecule has 0 aliphatic rings. The lowest BCUT2D eigenvalue weighted by atomic mass is 10.1. The van der Waals surface area contributed by atoms with Gasteiger partial charge in [0.15, 0.2) is 11.5 Å². The highest BCUT2D eigenvalue weighted by Crippen LogP contribution is 2.38. The van der Waals surface area contributed by atoms with Gasteiger partial charge in [0.05, 0.1) is 21.3 Å². The second-order valence-corrected chi connectivity index (χ2v) is 6.77. The zero-order chi connectivity index (χ0) is 20.8. The van der Waals surface area contributed by atoms with Gasteiger partial charge in [0.2, 0.25) is 11.7 Å². The molecule has 0 atom stereocenters. The number of halogens is 1. The van der Waals surface area contributed by atoms with Crippen LogP contribution in [0.15, 0.2) is 42.6 Å². The Morgan fingerprint density at radius 2 is 1.83 bits per heavy atom. The molecule has 3 rings (SSSR count). The summed E-state index contributed by atoms with van der Waals surface area (Å²) >= 11 is 6.08. The molecule has 0 aliphatic heterocycles. The molecule has 2 N–H and O–H groups in total. The van der Waals surface area contributed by atoms with Crippen molar-refractivity contribution < 1.29 is 19.0 Å². The highest BCUT2D eigenvalue weighted by molar-refractivity contribution is 6.31. The summed E-state index contributed by atoms with van der Waals surface area (Å²) in [4.78, 5) is 15.4. The average molecular weight is 415 g/mol. The van der Waals surface area contributed by atoms with Crippen molar-refractivity contribution in [3.8, 4) is 17.2 Å². The minimum absolute atomic E-state index is 0.184. The lowest BCUT2D eigenvalue weighted by Gasteiger charge is -2.12. The van der Waals surface area contributed by atoms with Gasteiger partial charge in [0.25, 0.3) is 0 Å². The quantitative estimate of drug-likeness (QED) is 0.541. The number of H-pyrrole nitrogens is 1. The summed E-state index contributed by atoms with van der Waals surface area (Å²) in [7, 11) is 4.65. The number of aromatic nitrogens is 1. The Kier molecular flexibility index (Phi) is 6.67. The largest absolute Gasteiger partial charge is 0.493 e. The van der Waals surface area contributed by atoms with Crippen LogP contribution in [0, 0.1) is 0 Å². The van der Waals surface area contributed by atoms with Crippen LogP contribution in [-0.2, 0) is 11.2 Å². The van der Waals surface area contributed by atoms with E-state index < -0.39 is 0 Å². The maximum absolute atomic E-state index is 12.2. The first-order chi connectivity index (χ1) is 14.0. The number of nitrogens with one attached hydrogen (secondary N) is 2. The number of carbonyl (C=O) groups is 1. The van der Waals surface area contributed by atoms with Gasteiger partial charge in [-0.25, -0.2) is 0 Å². The van der Waals surface area contributed by atoms with Crippen LogP contribution in [0.5, 0.6) is 17.2 Å². The summed E-state index contributed by atoms with van der Waals surface area (Å²) in [6.07, 6.45) is 5.82. The molecule has 3 aromatic rings. The summed E-state index contributed by atoms with van der Waals surface area (Å²) in [5.41, 5.74) is 2.90. The van der Waals surface area contributed by atoms with Gasteiger partial charge in [-0.2, -0.15) is 0 Å². The minimum Gasteiger partial charge on any atom is -0.493 e. The molecule has 0 fully saturated rings. The summed E-state index contributed by atoms with van der Waals surface area (Å²) in [5.74, 6) is 1.39. The highest BCUT2D eigenvalue weighted by atomic mass is 35.5. The van der Waals surface area contributed by atoms with Crippen LogP contribution in [0.2, 0.25) is 5.02 Å². The molecule has 0 saturated carbocycles. The molecule has 0 bridgehead atoms. The minimum atomic E-state index is -0.184. The third kappa shape index (κ3) is 4.84. The molecular weight excluding hydrogens is 392 g/mol. The number of benzene rings is 2. The number of amides is 1.